The lowest BCUT2D eigenvalue weighted by Crippen LogP contribution is -2.25. The Balaban J connectivity index is 2.77. The third-order valence-electron chi connectivity index (χ3n) is 2.28. The van der Waals surface area contributed by atoms with Crippen LogP contribution in [-0.4, -0.2) is 31.0 Å². The van der Waals surface area contributed by atoms with Crippen molar-refractivity contribution in [3.63, 3.8) is 0 Å². The van der Waals surface area contributed by atoms with Crippen LogP contribution in [0.3, 0.4) is 0 Å². The molecule has 1 rings (SSSR count). The van der Waals surface area contributed by atoms with Gasteiger partial charge >= 0.3 is 5.69 Å². The smallest absolute Gasteiger partial charge is 0.307 e. The quantitative estimate of drug-likeness (QED) is 0.418. The topological polar surface area (TPSA) is 70.8 Å². The minimum atomic E-state index is -1.17. The number of ether oxygens (including phenoxy) is 3. The van der Waals surface area contributed by atoms with Gasteiger partial charge < -0.3 is 14.2 Å². The van der Waals surface area contributed by atoms with Gasteiger partial charge in [0, 0.05) is 19.3 Å². The van der Waals surface area contributed by atoms with Gasteiger partial charge in [0.25, 0.3) is 0 Å². The Labute approximate surface area is 114 Å². The van der Waals surface area contributed by atoms with Gasteiger partial charge in [-0.25, -0.2) is 4.39 Å². The average molecular weight is 291 g/mol. The normalized spacial score (nSPS) is 10.8. The van der Waals surface area contributed by atoms with E-state index in [2.05, 4.69) is 0 Å². The first-order valence-corrected chi connectivity index (χ1v) is 5.99. The highest BCUT2D eigenvalue weighted by Crippen LogP contribution is 2.26. The van der Waals surface area contributed by atoms with Crippen LogP contribution < -0.4 is 4.74 Å². The second-order valence-corrected chi connectivity index (χ2v) is 3.64. The Morgan fingerprint density at radius 2 is 1.80 bits per heavy atom. The standard InChI is InChI=1S/C12H15F2NO5/c1-3-18-12(19-4-2)7-20-11-6-8(13)10(15(16)17)5-9(11)14/h5-6,12H,3-4,7H2,1-2H3. The summed E-state index contributed by atoms with van der Waals surface area (Å²) < 4.78 is 42.2. The van der Waals surface area contributed by atoms with E-state index in [0.717, 1.165) is 0 Å². The van der Waals surface area contributed by atoms with Crippen LogP contribution in [0.4, 0.5) is 14.5 Å². The van der Waals surface area contributed by atoms with Crippen LogP contribution in [0.2, 0.25) is 0 Å². The van der Waals surface area contributed by atoms with E-state index in [9.17, 15) is 18.9 Å². The van der Waals surface area contributed by atoms with Crippen molar-refractivity contribution in [2.24, 2.45) is 0 Å². The van der Waals surface area contributed by atoms with E-state index < -0.39 is 34.3 Å². The van der Waals surface area contributed by atoms with Crippen molar-refractivity contribution < 1.29 is 27.9 Å². The van der Waals surface area contributed by atoms with Crippen molar-refractivity contribution >= 4 is 5.69 Å². The number of rotatable bonds is 8. The average Bonchev–Trinajstić information content (AvgIpc) is 2.39. The van der Waals surface area contributed by atoms with E-state index in [4.69, 9.17) is 14.2 Å². The number of halogens is 2. The lowest BCUT2D eigenvalue weighted by atomic mass is 10.3. The van der Waals surface area contributed by atoms with Gasteiger partial charge in [0.2, 0.25) is 5.82 Å². The molecule has 20 heavy (non-hydrogen) atoms. The molecule has 0 aliphatic heterocycles. The van der Waals surface area contributed by atoms with Gasteiger partial charge in [-0.1, -0.05) is 0 Å². The van der Waals surface area contributed by atoms with Crippen LogP contribution in [0.5, 0.6) is 5.75 Å². The molecule has 0 aromatic heterocycles. The van der Waals surface area contributed by atoms with Crippen LogP contribution in [0.1, 0.15) is 13.8 Å². The van der Waals surface area contributed by atoms with Gasteiger partial charge in [-0.15, -0.1) is 0 Å². The van der Waals surface area contributed by atoms with Crippen LogP contribution in [-0.2, 0) is 9.47 Å². The van der Waals surface area contributed by atoms with E-state index in [1.165, 1.54) is 0 Å². The summed E-state index contributed by atoms with van der Waals surface area (Å²) >= 11 is 0. The number of benzene rings is 1. The van der Waals surface area contributed by atoms with Gasteiger partial charge in [0.15, 0.2) is 17.9 Å². The molecule has 8 heteroatoms. The maximum Gasteiger partial charge on any atom is 0.307 e. The molecule has 0 N–H and O–H groups in total. The van der Waals surface area contributed by atoms with Gasteiger partial charge in [-0.3, -0.25) is 10.1 Å². The Morgan fingerprint density at radius 1 is 1.20 bits per heavy atom. The van der Waals surface area contributed by atoms with E-state index in [0.29, 0.717) is 25.3 Å². The first-order valence-electron chi connectivity index (χ1n) is 5.99. The molecule has 0 saturated heterocycles. The monoisotopic (exact) mass is 291 g/mol. The number of nitro benzene ring substituents is 1. The summed E-state index contributed by atoms with van der Waals surface area (Å²) in [5, 5.41) is 10.4. The maximum absolute atomic E-state index is 13.5. The van der Waals surface area contributed by atoms with Gasteiger partial charge in [0.1, 0.15) is 6.61 Å². The molecule has 1 aromatic rings. The zero-order valence-electron chi connectivity index (χ0n) is 11.1. The van der Waals surface area contributed by atoms with Gasteiger partial charge in [0.05, 0.1) is 11.0 Å². The summed E-state index contributed by atoms with van der Waals surface area (Å²) in [5.74, 6) is -2.63. The highest BCUT2D eigenvalue weighted by atomic mass is 19.1. The van der Waals surface area contributed by atoms with Crippen molar-refractivity contribution in [3.05, 3.63) is 33.9 Å². The fraction of sp³-hybridized carbons (Fsp3) is 0.500. The molecule has 0 saturated carbocycles. The molecule has 0 fully saturated rings. The number of hydrogen-bond donors (Lipinski definition) is 0. The predicted molar refractivity (Wildman–Crippen MR) is 65.5 cm³/mol. The van der Waals surface area contributed by atoms with Crippen LogP contribution in [0.25, 0.3) is 0 Å². The zero-order chi connectivity index (χ0) is 15.1. The lowest BCUT2D eigenvalue weighted by Gasteiger charge is -2.17. The van der Waals surface area contributed by atoms with E-state index in [1.807, 2.05) is 0 Å². The van der Waals surface area contributed by atoms with Crippen LogP contribution in [0, 0.1) is 21.7 Å². The first kappa shape index (κ1) is 16.3. The van der Waals surface area contributed by atoms with Crippen LogP contribution in [0.15, 0.2) is 12.1 Å². The molecule has 112 valence electrons. The molecule has 0 bridgehead atoms. The maximum atomic E-state index is 13.5. The first-order chi connectivity index (χ1) is 9.49. The third-order valence-corrected chi connectivity index (χ3v) is 2.28. The molecule has 0 aliphatic carbocycles. The lowest BCUT2D eigenvalue weighted by molar-refractivity contribution is -0.387. The molecular formula is C12H15F2NO5. The van der Waals surface area contributed by atoms with E-state index >= 15 is 0 Å². The van der Waals surface area contributed by atoms with E-state index in [-0.39, 0.29) is 6.61 Å². The van der Waals surface area contributed by atoms with Crippen molar-refractivity contribution in [2.75, 3.05) is 19.8 Å². The Morgan fingerprint density at radius 3 is 2.30 bits per heavy atom. The molecule has 1 aromatic carbocycles. The summed E-state index contributed by atoms with van der Waals surface area (Å²) in [4.78, 5) is 9.43. The minimum absolute atomic E-state index is 0.157. The summed E-state index contributed by atoms with van der Waals surface area (Å²) in [6.45, 7) is 4.07. The summed E-state index contributed by atoms with van der Waals surface area (Å²) in [5.41, 5.74) is -0.944. The zero-order valence-corrected chi connectivity index (χ0v) is 11.1. The molecule has 0 spiro atoms. The molecule has 0 aliphatic rings. The summed E-state index contributed by atoms with van der Waals surface area (Å²) in [7, 11) is 0. The number of hydrogen-bond acceptors (Lipinski definition) is 5. The third kappa shape index (κ3) is 4.39. The van der Waals surface area contributed by atoms with Crippen molar-refractivity contribution in [2.45, 2.75) is 20.1 Å². The minimum Gasteiger partial charge on any atom is -0.485 e. The molecule has 0 amide bonds. The van der Waals surface area contributed by atoms with Crippen molar-refractivity contribution in [1.82, 2.24) is 0 Å². The largest absolute Gasteiger partial charge is 0.485 e. The second kappa shape index (κ2) is 7.71. The Kier molecular flexibility index (Phi) is 6.26. The Hall–Kier alpha value is -1.80. The summed E-state index contributed by atoms with van der Waals surface area (Å²) in [6, 6.07) is 1.10. The predicted octanol–water partition coefficient (Wildman–Crippen LogP) is 2.65. The number of nitro groups is 1. The molecule has 0 unspecified atom stereocenters. The van der Waals surface area contributed by atoms with Gasteiger partial charge in [-0.2, -0.15) is 4.39 Å². The molecule has 0 heterocycles. The Bertz CT molecular complexity index is 463. The highest BCUT2D eigenvalue weighted by molar-refractivity contribution is 5.39. The number of nitrogens with zero attached hydrogens (tertiary/aromatic N) is 1. The molecule has 0 radical (unpaired) electrons. The van der Waals surface area contributed by atoms with Gasteiger partial charge in [-0.05, 0) is 13.8 Å². The molecule has 0 atom stereocenters. The molecule has 6 nitrogen and oxygen atoms in total. The van der Waals surface area contributed by atoms with Crippen molar-refractivity contribution in [1.29, 1.82) is 0 Å². The highest BCUT2D eigenvalue weighted by Gasteiger charge is 2.20. The second-order valence-electron chi connectivity index (χ2n) is 3.64. The van der Waals surface area contributed by atoms with Crippen molar-refractivity contribution in [3.8, 4) is 5.75 Å². The summed E-state index contributed by atoms with van der Waals surface area (Å²) in [6.07, 6.45) is -0.720. The fourth-order valence-corrected chi connectivity index (χ4v) is 1.44. The fourth-order valence-electron chi connectivity index (χ4n) is 1.44. The molecular weight excluding hydrogens is 276 g/mol. The van der Waals surface area contributed by atoms with E-state index in [1.54, 1.807) is 13.8 Å². The van der Waals surface area contributed by atoms with Crippen LogP contribution >= 0.6 is 0 Å². The SMILES string of the molecule is CCOC(COc1cc(F)c([N+](=O)[O-])cc1F)OCC.